The fourth-order valence-electron chi connectivity index (χ4n) is 4.82. The van der Waals surface area contributed by atoms with E-state index in [-0.39, 0.29) is 0 Å². The molecular formula is C25H37NO2S. The van der Waals surface area contributed by atoms with E-state index in [0.717, 1.165) is 42.4 Å². The molecule has 2 aliphatic carbocycles. The van der Waals surface area contributed by atoms with Crippen molar-refractivity contribution < 1.29 is 8.42 Å². The van der Waals surface area contributed by atoms with Crippen molar-refractivity contribution in [2.45, 2.75) is 76.0 Å². The first kappa shape index (κ1) is 22.3. The molecule has 0 aliphatic heterocycles. The minimum Gasteiger partial charge on any atom is -0.207 e. The maximum absolute atomic E-state index is 13.5. The Labute approximate surface area is 177 Å². The second-order valence-electron chi connectivity index (χ2n) is 9.07. The zero-order valence-electron chi connectivity index (χ0n) is 18.0. The van der Waals surface area contributed by atoms with Gasteiger partial charge in [-0.25, -0.2) is 8.42 Å². The van der Waals surface area contributed by atoms with Crippen molar-refractivity contribution in [1.82, 2.24) is 4.31 Å². The van der Waals surface area contributed by atoms with Crippen molar-refractivity contribution in [1.29, 1.82) is 0 Å². The van der Waals surface area contributed by atoms with E-state index in [0.29, 0.717) is 29.8 Å². The van der Waals surface area contributed by atoms with Gasteiger partial charge in [0.1, 0.15) is 0 Å². The number of sulfonamides is 1. The number of hydrogen-bond acceptors (Lipinski definition) is 2. The summed E-state index contributed by atoms with van der Waals surface area (Å²) in [5, 5.41) is 0. The zero-order valence-corrected chi connectivity index (χ0v) is 18.9. The van der Waals surface area contributed by atoms with Gasteiger partial charge in [0.2, 0.25) is 10.0 Å². The van der Waals surface area contributed by atoms with Gasteiger partial charge < -0.3 is 0 Å². The van der Waals surface area contributed by atoms with Gasteiger partial charge in [-0.3, -0.25) is 0 Å². The Kier molecular flexibility index (Phi) is 7.75. The first-order chi connectivity index (χ1) is 13.9. The van der Waals surface area contributed by atoms with Crippen LogP contribution in [0.1, 0.15) is 69.8 Å². The van der Waals surface area contributed by atoms with Crippen molar-refractivity contribution in [2.24, 2.45) is 11.8 Å². The summed E-state index contributed by atoms with van der Waals surface area (Å²) in [6.07, 6.45) is 12.0. The van der Waals surface area contributed by atoms with E-state index in [1.54, 1.807) is 16.4 Å². The molecule has 1 aromatic carbocycles. The maximum Gasteiger partial charge on any atom is 0.243 e. The molecule has 2 saturated carbocycles. The average Bonchev–Trinajstić information content (AvgIpc) is 2.74. The molecule has 0 amide bonds. The number of aryl methyl sites for hydroxylation is 1. The Morgan fingerprint density at radius 3 is 1.66 bits per heavy atom. The van der Waals surface area contributed by atoms with E-state index in [1.165, 1.54) is 38.5 Å². The van der Waals surface area contributed by atoms with Gasteiger partial charge in [0.25, 0.3) is 0 Å². The molecule has 0 bridgehead atoms. The summed E-state index contributed by atoms with van der Waals surface area (Å²) in [5.41, 5.74) is 3.20. The lowest BCUT2D eigenvalue weighted by Crippen LogP contribution is -2.36. The molecule has 0 radical (unpaired) electrons. The first-order valence-corrected chi connectivity index (χ1v) is 12.7. The number of nitrogens with zero attached hydrogens (tertiary/aromatic N) is 1. The van der Waals surface area contributed by atoms with Crippen LogP contribution >= 0.6 is 0 Å². The van der Waals surface area contributed by atoms with E-state index in [2.05, 4.69) is 13.2 Å². The van der Waals surface area contributed by atoms with Crippen LogP contribution in [-0.2, 0) is 10.0 Å². The summed E-state index contributed by atoms with van der Waals surface area (Å²) in [7, 11) is -3.57. The van der Waals surface area contributed by atoms with Crippen LogP contribution in [-0.4, -0.2) is 25.8 Å². The smallest absolute Gasteiger partial charge is 0.207 e. The topological polar surface area (TPSA) is 37.4 Å². The molecular weight excluding hydrogens is 378 g/mol. The molecule has 3 rings (SSSR count). The highest BCUT2D eigenvalue weighted by molar-refractivity contribution is 7.89. The molecule has 0 atom stereocenters. The predicted molar refractivity (Wildman–Crippen MR) is 121 cm³/mol. The van der Waals surface area contributed by atoms with E-state index in [9.17, 15) is 8.42 Å². The van der Waals surface area contributed by atoms with Gasteiger partial charge in [-0.05, 0) is 56.6 Å². The summed E-state index contributed by atoms with van der Waals surface area (Å²) < 4.78 is 28.7. The number of hydrogen-bond donors (Lipinski definition) is 0. The van der Waals surface area contributed by atoms with Gasteiger partial charge in [-0.15, -0.1) is 0 Å². The van der Waals surface area contributed by atoms with Crippen molar-refractivity contribution in [3.05, 3.63) is 54.1 Å². The Morgan fingerprint density at radius 2 is 1.24 bits per heavy atom. The van der Waals surface area contributed by atoms with Crippen LogP contribution in [0.15, 0.2) is 53.5 Å². The Morgan fingerprint density at radius 1 is 0.828 bits per heavy atom. The second-order valence-corrected chi connectivity index (χ2v) is 11.0. The standard InChI is InChI=1S/C25H37NO2S/c1-20-14-16-25(17-15-20)29(27,28)26(18-21(2)23-10-6-4-7-11-23)19-22(3)24-12-8-5-9-13-24/h14-17,23-24H,2-13,18-19H2,1H3. The summed E-state index contributed by atoms with van der Waals surface area (Å²) in [6.45, 7) is 11.4. The molecule has 0 N–H and O–H groups in total. The van der Waals surface area contributed by atoms with Crippen LogP contribution in [0.2, 0.25) is 0 Å². The maximum atomic E-state index is 13.5. The Hall–Kier alpha value is -1.39. The van der Waals surface area contributed by atoms with E-state index >= 15 is 0 Å². The summed E-state index contributed by atoms with van der Waals surface area (Å²) in [5.74, 6) is 0.893. The molecule has 0 spiro atoms. The van der Waals surface area contributed by atoms with Crippen LogP contribution in [0.25, 0.3) is 0 Å². The molecule has 0 aromatic heterocycles. The quantitative estimate of drug-likeness (QED) is 0.470. The SMILES string of the molecule is C=C(CN(CC(=C)C1CCCCC1)S(=O)(=O)c1ccc(C)cc1)C1CCCCC1. The van der Waals surface area contributed by atoms with E-state index in [4.69, 9.17) is 0 Å². The van der Waals surface area contributed by atoms with Gasteiger partial charge in [0.15, 0.2) is 0 Å². The van der Waals surface area contributed by atoms with Crippen LogP contribution in [0.3, 0.4) is 0 Å². The van der Waals surface area contributed by atoms with Gasteiger partial charge >= 0.3 is 0 Å². The third-order valence-electron chi connectivity index (χ3n) is 6.78. The fraction of sp³-hybridized carbons (Fsp3) is 0.600. The van der Waals surface area contributed by atoms with Crippen molar-refractivity contribution in [3.8, 4) is 0 Å². The third kappa shape index (κ3) is 5.82. The third-order valence-corrected chi connectivity index (χ3v) is 8.59. The normalized spacial score (nSPS) is 19.4. The fourth-order valence-corrected chi connectivity index (χ4v) is 6.27. The molecule has 0 heterocycles. The molecule has 1 aromatic rings. The van der Waals surface area contributed by atoms with Crippen molar-refractivity contribution in [3.63, 3.8) is 0 Å². The van der Waals surface area contributed by atoms with E-state index < -0.39 is 10.0 Å². The molecule has 160 valence electrons. The highest BCUT2D eigenvalue weighted by Gasteiger charge is 2.29. The van der Waals surface area contributed by atoms with Crippen LogP contribution in [0, 0.1) is 18.8 Å². The minimum absolute atomic E-state index is 0.371. The molecule has 4 heteroatoms. The molecule has 3 nitrogen and oxygen atoms in total. The van der Waals surface area contributed by atoms with Crippen molar-refractivity contribution >= 4 is 10.0 Å². The van der Waals surface area contributed by atoms with Gasteiger partial charge in [0.05, 0.1) is 4.90 Å². The van der Waals surface area contributed by atoms with Crippen LogP contribution in [0.4, 0.5) is 0 Å². The lowest BCUT2D eigenvalue weighted by Gasteiger charge is -2.31. The van der Waals surface area contributed by atoms with Gasteiger partial charge in [-0.1, -0.05) is 80.5 Å². The number of benzene rings is 1. The zero-order chi connectivity index (χ0) is 20.9. The van der Waals surface area contributed by atoms with Crippen LogP contribution < -0.4 is 0 Å². The Bertz CT molecular complexity index is 766. The summed E-state index contributed by atoms with van der Waals surface area (Å²) >= 11 is 0. The molecule has 29 heavy (non-hydrogen) atoms. The average molecular weight is 416 g/mol. The highest BCUT2D eigenvalue weighted by atomic mass is 32.2. The van der Waals surface area contributed by atoms with Crippen LogP contribution in [0.5, 0.6) is 0 Å². The highest BCUT2D eigenvalue weighted by Crippen LogP contribution is 2.33. The first-order valence-electron chi connectivity index (χ1n) is 11.3. The molecule has 2 fully saturated rings. The van der Waals surface area contributed by atoms with E-state index in [1.807, 2.05) is 19.1 Å². The molecule has 0 saturated heterocycles. The Balaban J connectivity index is 1.80. The monoisotopic (exact) mass is 415 g/mol. The summed E-state index contributed by atoms with van der Waals surface area (Å²) in [4.78, 5) is 0.371. The van der Waals surface area contributed by atoms with Gasteiger partial charge in [0, 0.05) is 13.1 Å². The minimum atomic E-state index is -3.57. The molecule has 0 unspecified atom stereocenters. The second kappa shape index (κ2) is 10.1. The molecule has 2 aliphatic rings. The predicted octanol–water partition coefficient (Wildman–Crippen LogP) is 6.26. The largest absolute Gasteiger partial charge is 0.243 e. The lowest BCUT2D eigenvalue weighted by atomic mass is 9.83. The number of rotatable bonds is 8. The van der Waals surface area contributed by atoms with Crippen molar-refractivity contribution in [2.75, 3.05) is 13.1 Å². The summed E-state index contributed by atoms with van der Waals surface area (Å²) in [6, 6.07) is 7.20. The lowest BCUT2D eigenvalue weighted by molar-refractivity contribution is 0.354. The van der Waals surface area contributed by atoms with Gasteiger partial charge in [-0.2, -0.15) is 4.31 Å².